The molecule has 1 aliphatic heterocycles. The number of rotatable bonds is 2. The van der Waals surface area contributed by atoms with E-state index in [0.717, 1.165) is 0 Å². The van der Waals surface area contributed by atoms with Gasteiger partial charge in [-0.3, -0.25) is 9.59 Å². The largest absolute Gasteiger partial charge is 0.386 e. The molecule has 7 rings (SSSR count). The van der Waals surface area contributed by atoms with E-state index in [2.05, 4.69) is 67.1 Å². The smallest absolute Gasteiger partial charge is 0.346 e. The molecule has 0 spiro atoms. The van der Waals surface area contributed by atoms with Crippen LogP contribution >= 0.6 is 0 Å². The molecule has 0 N–H and O–H groups in total. The monoisotopic (exact) mass is 516 g/mol. The van der Waals surface area contributed by atoms with Crippen molar-refractivity contribution in [1.82, 2.24) is 0 Å². The normalized spacial score (nSPS) is 15.1. The standard InChI is InChI=1S/C17H18.C9H6O2.C8H4O3/c1-3-17(4-2)15-11-7-5-9-13(15)14-10-6-8-12-16(14)17;10-8-5-9(11)7-4-2-1-3-6(7)8;9-7-5-3-1-2-4-6(5)8(10)11-7/h5-12H,3-4H2,1-2H3;1-4H,5H2;1-4H. The molecular weight excluding hydrogens is 488 g/mol. The number of benzene rings is 4. The number of carbonyl (C=O) groups excluding carboxylic acids is 4. The Bertz CT molecular complexity index is 1430. The van der Waals surface area contributed by atoms with Crippen LogP contribution in [0, 0.1) is 0 Å². The van der Waals surface area contributed by atoms with Gasteiger partial charge in [-0.2, -0.15) is 0 Å². The van der Waals surface area contributed by atoms with Crippen LogP contribution in [0.1, 0.15) is 85.7 Å². The minimum absolute atomic E-state index is 0.0504. The highest BCUT2D eigenvalue weighted by Gasteiger charge is 2.39. The van der Waals surface area contributed by atoms with Gasteiger partial charge in [0, 0.05) is 16.5 Å². The molecule has 3 aliphatic rings. The molecule has 0 saturated carbocycles. The Morgan fingerprint density at radius 3 is 1.23 bits per heavy atom. The van der Waals surface area contributed by atoms with Gasteiger partial charge in [0.25, 0.3) is 0 Å². The van der Waals surface area contributed by atoms with Crippen molar-refractivity contribution in [3.05, 3.63) is 130 Å². The van der Waals surface area contributed by atoms with Crippen LogP contribution < -0.4 is 0 Å². The fraction of sp³-hybridized carbons (Fsp3) is 0.176. The lowest BCUT2D eigenvalue weighted by Gasteiger charge is -2.29. The average molecular weight is 517 g/mol. The molecule has 4 aromatic carbocycles. The maximum Gasteiger partial charge on any atom is 0.346 e. The Morgan fingerprint density at radius 2 is 0.846 bits per heavy atom. The van der Waals surface area contributed by atoms with E-state index < -0.39 is 11.9 Å². The first kappa shape index (κ1) is 26.0. The first-order valence-electron chi connectivity index (χ1n) is 13.1. The first-order valence-corrected chi connectivity index (χ1v) is 13.1. The van der Waals surface area contributed by atoms with E-state index in [4.69, 9.17) is 0 Å². The quantitative estimate of drug-likeness (QED) is 0.208. The zero-order chi connectivity index (χ0) is 27.6. The number of ketones is 2. The van der Waals surface area contributed by atoms with Crippen molar-refractivity contribution in [3.63, 3.8) is 0 Å². The lowest BCUT2D eigenvalue weighted by Crippen LogP contribution is -2.22. The van der Waals surface area contributed by atoms with Crippen LogP contribution in [0.2, 0.25) is 0 Å². The molecule has 0 aromatic heterocycles. The Hall–Kier alpha value is -4.64. The van der Waals surface area contributed by atoms with Crippen molar-refractivity contribution >= 4 is 23.5 Å². The zero-order valence-corrected chi connectivity index (χ0v) is 21.9. The van der Waals surface area contributed by atoms with Gasteiger partial charge in [-0.15, -0.1) is 0 Å². The van der Waals surface area contributed by atoms with Crippen LogP contribution in [0.5, 0.6) is 0 Å². The van der Waals surface area contributed by atoms with Gasteiger partial charge >= 0.3 is 11.9 Å². The molecule has 39 heavy (non-hydrogen) atoms. The summed E-state index contributed by atoms with van der Waals surface area (Å²) in [5.41, 5.74) is 8.04. The molecule has 5 heteroatoms. The minimum atomic E-state index is -0.550. The van der Waals surface area contributed by atoms with Crippen LogP contribution in [0.3, 0.4) is 0 Å². The van der Waals surface area contributed by atoms with Gasteiger partial charge < -0.3 is 4.74 Å². The van der Waals surface area contributed by atoms with E-state index in [1.807, 2.05) is 0 Å². The fourth-order valence-corrected chi connectivity index (χ4v) is 5.77. The number of esters is 2. The second kappa shape index (κ2) is 10.6. The molecule has 0 saturated heterocycles. The highest BCUT2D eigenvalue weighted by Crippen LogP contribution is 2.52. The number of fused-ring (bicyclic) bond motifs is 5. The SMILES string of the molecule is CCC1(CC)c2ccccc2-c2ccccc21.O=C1CC(=O)c2ccccc21.O=C1OC(=O)c2ccccc21. The van der Waals surface area contributed by atoms with Crippen molar-refractivity contribution in [3.8, 4) is 11.1 Å². The van der Waals surface area contributed by atoms with Crippen molar-refractivity contribution in [2.75, 3.05) is 0 Å². The molecule has 0 bridgehead atoms. The number of ether oxygens (including phenoxy) is 1. The Kier molecular flexibility index (Phi) is 7.07. The molecule has 2 aliphatic carbocycles. The molecular formula is C34H28O5. The third-order valence-corrected chi connectivity index (χ3v) is 7.78. The Morgan fingerprint density at radius 1 is 0.513 bits per heavy atom. The molecule has 0 amide bonds. The number of cyclic esters (lactones) is 2. The molecule has 0 unspecified atom stereocenters. The highest BCUT2D eigenvalue weighted by molar-refractivity contribution is 6.24. The van der Waals surface area contributed by atoms with Gasteiger partial charge in [-0.1, -0.05) is 98.8 Å². The van der Waals surface area contributed by atoms with Crippen LogP contribution in [-0.2, 0) is 10.2 Å². The van der Waals surface area contributed by atoms with Crippen molar-refractivity contribution in [2.45, 2.75) is 38.5 Å². The van der Waals surface area contributed by atoms with E-state index in [1.54, 1.807) is 48.5 Å². The van der Waals surface area contributed by atoms with Crippen LogP contribution in [0.15, 0.2) is 97.1 Å². The van der Waals surface area contributed by atoms with E-state index in [0.29, 0.717) is 22.3 Å². The van der Waals surface area contributed by atoms with E-state index in [-0.39, 0.29) is 23.4 Å². The lowest BCUT2D eigenvalue weighted by molar-refractivity contribution is 0.0443. The van der Waals surface area contributed by atoms with Gasteiger partial charge in [0.05, 0.1) is 17.5 Å². The fourth-order valence-electron chi connectivity index (χ4n) is 5.77. The summed E-state index contributed by atoms with van der Waals surface area (Å²) in [6.07, 6.45) is 2.41. The third-order valence-electron chi connectivity index (χ3n) is 7.78. The van der Waals surface area contributed by atoms with Gasteiger partial charge in [-0.25, -0.2) is 9.59 Å². The predicted molar refractivity (Wildman–Crippen MR) is 149 cm³/mol. The number of carbonyl (C=O) groups is 4. The van der Waals surface area contributed by atoms with Crippen LogP contribution in [-0.4, -0.2) is 23.5 Å². The number of hydrogen-bond acceptors (Lipinski definition) is 5. The minimum Gasteiger partial charge on any atom is -0.386 e. The maximum absolute atomic E-state index is 11.1. The van der Waals surface area contributed by atoms with Crippen LogP contribution in [0.4, 0.5) is 0 Å². The summed E-state index contributed by atoms with van der Waals surface area (Å²) < 4.78 is 4.35. The van der Waals surface area contributed by atoms with Crippen molar-refractivity contribution < 1.29 is 23.9 Å². The van der Waals surface area contributed by atoms with E-state index in [1.165, 1.54) is 35.1 Å². The zero-order valence-electron chi connectivity index (χ0n) is 21.9. The average Bonchev–Trinajstić information content (AvgIpc) is 3.56. The topological polar surface area (TPSA) is 77.5 Å². The molecule has 0 radical (unpaired) electrons. The summed E-state index contributed by atoms with van der Waals surface area (Å²) in [5, 5.41) is 0. The van der Waals surface area contributed by atoms with E-state index >= 15 is 0 Å². The second-order valence-corrected chi connectivity index (χ2v) is 9.67. The molecule has 0 fully saturated rings. The van der Waals surface area contributed by atoms with Crippen molar-refractivity contribution in [1.29, 1.82) is 0 Å². The molecule has 5 nitrogen and oxygen atoms in total. The second-order valence-electron chi connectivity index (χ2n) is 9.67. The Labute approximate surface area is 227 Å². The van der Waals surface area contributed by atoms with Gasteiger partial charge in [0.2, 0.25) is 0 Å². The summed E-state index contributed by atoms with van der Waals surface area (Å²) >= 11 is 0. The first-order chi connectivity index (χ1) is 18.9. The summed E-state index contributed by atoms with van der Waals surface area (Å²) in [7, 11) is 0. The summed E-state index contributed by atoms with van der Waals surface area (Å²) in [4.78, 5) is 43.8. The molecule has 4 aromatic rings. The van der Waals surface area contributed by atoms with Gasteiger partial charge in [0.15, 0.2) is 11.6 Å². The molecule has 194 valence electrons. The summed E-state index contributed by atoms with van der Waals surface area (Å²) in [5.74, 6) is -1.20. The third kappa shape index (κ3) is 4.50. The summed E-state index contributed by atoms with van der Waals surface area (Å²) in [6.45, 7) is 4.62. The molecule has 1 heterocycles. The number of Topliss-reactive ketones (excluding diaryl/α,β-unsaturated/α-hetero) is 2. The molecule has 0 atom stereocenters. The summed E-state index contributed by atoms with van der Waals surface area (Å²) in [6, 6.07) is 31.3. The number of hydrogen-bond donors (Lipinski definition) is 0. The maximum atomic E-state index is 11.1. The van der Waals surface area contributed by atoms with Gasteiger partial charge in [0.1, 0.15) is 0 Å². The van der Waals surface area contributed by atoms with Crippen LogP contribution in [0.25, 0.3) is 11.1 Å². The Balaban J connectivity index is 0.000000123. The highest BCUT2D eigenvalue weighted by atomic mass is 16.6. The van der Waals surface area contributed by atoms with Gasteiger partial charge in [-0.05, 0) is 47.2 Å². The van der Waals surface area contributed by atoms with E-state index in [9.17, 15) is 19.2 Å². The predicted octanol–water partition coefficient (Wildman–Crippen LogP) is 7.23. The lowest BCUT2D eigenvalue weighted by atomic mass is 9.74. The van der Waals surface area contributed by atoms with Crippen molar-refractivity contribution in [2.24, 2.45) is 0 Å².